The number of aliphatic hydroxyl groups is 1. The van der Waals surface area contributed by atoms with Crippen molar-refractivity contribution in [2.75, 3.05) is 32.8 Å². The number of nitrogens with one attached hydrogen (secondary N) is 3. The Labute approximate surface area is 221 Å². The predicted octanol–water partition coefficient (Wildman–Crippen LogP) is 1.40. The maximum Gasteiger partial charge on any atom is 0.255 e. The first-order valence-corrected chi connectivity index (χ1v) is 12.5. The first-order valence-electron chi connectivity index (χ1n) is 12.5. The summed E-state index contributed by atoms with van der Waals surface area (Å²) < 4.78 is 5.98. The minimum Gasteiger partial charge on any atom is -0.508 e. The maximum atomic E-state index is 12.9. The number of amides is 2. The number of phenolic OH excluding ortho intramolecular Hbond substituents is 1. The van der Waals surface area contributed by atoms with Crippen LogP contribution in [0.25, 0.3) is 10.8 Å². The molecule has 0 fully saturated rings. The number of carbonyl (C=O) groups is 3. The molecule has 0 aliphatic rings. The van der Waals surface area contributed by atoms with Crippen molar-refractivity contribution in [1.29, 1.82) is 0 Å². The number of aldehydes is 1. The number of hydrogen-bond donors (Lipinski definition) is 6. The van der Waals surface area contributed by atoms with E-state index in [0.29, 0.717) is 43.5 Å². The first-order chi connectivity index (χ1) is 18.4. The van der Waals surface area contributed by atoms with Crippen molar-refractivity contribution < 1.29 is 29.3 Å². The predicted molar refractivity (Wildman–Crippen MR) is 144 cm³/mol. The van der Waals surface area contributed by atoms with E-state index in [1.165, 1.54) is 12.1 Å². The average Bonchev–Trinajstić information content (AvgIpc) is 2.93. The third-order valence-electron chi connectivity index (χ3n) is 5.90. The van der Waals surface area contributed by atoms with Gasteiger partial charge in [-0.1, -0.05) is 36.4 Å². The number of phenols is 1. The molecule has 3 aromatic carbocycles. The van der Waals surface area contributed by atoms with E-state index in [1.54, 1.807) is 24.3 Å². The molecule has 202 valence electrons. The molecule has 2 amide bonds. The zero-order chi connectivity index (χ0) is 27.3. The van der Waals surface area contributed by atoms with E-state index in [1.807, 2.05) is 24.3 Å². The lowest BCUT2D eigenvalue weighted by molar-refractivity contribution is -0.120. The highest BCUT2D eigenvalue weighted by molar-refractivity contribution is 6.02. The van der Waals surface area contributed by atoms with Crippen LogP contribution in [0.2, 0.25) is 0 Å². The Morgan fingerprint density at radius 3 is 2.37 bits per heavy atom. The average molecular weight is 523 g/mol. The SMILES string of the molecule is NC(C=O)C(NCCCOc1cc2ccccc2cc1C(=O)NCC(=O)NCCCO)c1ccc(O)cc1. The molecule has 0 aromatic heterocycles. The molecule has 0 bridgehead atoms. The zero-order valence-electron chi connectivity index (χ0n) is 21.1. The van der Waals surface area contributed by atoms with Gasteiger partial charge in [0, 0.05) is 13.2 Å². The summed E-state index contributed by atoms with van der Waals surface area (Å²) in [7, 11) is 0. The molecule has 3 aromatic rings. The number of carbonyl (C=O) groups excluding carboxylic acids is 3. The summed E-state index contributed by atoms with van der Waals surface area (Å²) in [5, 5.41) is 28.6. The molecular formula is C28H34N4O6. The lowest BCUT2D eigenvalue weighted by Gasteiger charge is -2.22. The lowest BCUT2D eigenvalue weighted by atomic mass is 10.0. The summed E-state index contributed by atoms with van der Waals surface area (Å²) in [6.45, 7) is 0.869. The smallest absolute Gasteiger partial charge is 0.255 e. The molecule has 0 saturated heterocycles. The third-order valence-corrected chi connectivity index (χ3v) is 5.90. The van der Waals surface area contributed by atoms with E-state index >= 15 is 0 Å². The van der Waals surface area contributed by atoms with Crippen molar-refractivity contribution in [3.05, 3.63) is 71.8 Å². The van der Waals surface area contributed by atoms with Crippen LogP contribution in [0, 0.1) is 0 Å². The first kappa shape index (κ1) is 28.6. The second kappa shape index (κ2) is 14.7. The molecule has 0 spiro atoms. The number of fused-ring (bicyclic) bond motifs is 1. The van der Waals surface area contributed by atoms with E-state index in [9.17, 15) is 19.5 Å². The Morgan fingerprint density at radius 2 is 1.68 bits per heavy atom. The highest BCUT2D eigenvalue weighted by atomic mass is 16.5. The molecule has 0 saturated carbocycles. The van der Waals surface area contributed by atoms with Crippen LogP contribution in [0.4, 0.5) is 0 Å². The van der Waals surface area contributed by atoms with E-state index < -0.39 is 18.0 Å². The van der Waals surface area contributed by atoms with E-state index in [2.05, 4.69) is 16.0 Å². The molecule has 10 heteroatoms. The van der Waals surface area contributed by atoms with Crippen LogP contribution in [0.15, 0.2) is 60.7 Å². The van der Waals surface area contributed by atoms with Crippen molar-refractivity contribution in [1.82, 2.24) is 16.0 Å². The summed E-state index contributed by atoms with van der Waals surface area (Å²) in [5.74, 6) is -0.275. The van der Waals surface area contributed by atoms with Crippen molar-refractivity contribution in [2.24, 2.45) is 5.73 Å². The molecule has 7 N–H and O–H groups in total. The standard InChI is InChI=1S/C28H34N4O6/c29-24(18-34)27(19-7-9-22(35)10-8-19)31-12-4-14-38-25-16-21-6-2-1-5-20(21)15-23(25)28(37)32-17-26(36)30-11-3-13-33/h1-2,5-10,15-16,18,24,27,31,33,35H,3-4,11-14,17,29H2,(H,30,36)(H,32,37). The van der Waals surface area contributed by atoms with Gasteiger partial charge in [-0.05, 0) is 60.0 Å². The molecule has 10 nitrogen and oxygen atoms in total. The number of ether oxygens (including phenoxy) is 1. The Kier molecular flexibility index (Phi) is 11.0. The monoisotopic (exact) mass is 522 g/mol. The topological polar surface area (TPSA) is 163 Å². The van der Waals surface area contributed by atoms with E-state index in [4.69, 9.17) is 15.6 Å². The van der Waals surface area contributed by atoms with Gasteiger partial charge in [0.15, 0.2) is 0 Å². The third kappa shape index (κ3) is 8.27. The van der Waals surface area contributed by atoms with Crippen molar-refractivity contribution >= 4 is 28.9 Å². The van der Waals surface area contributed by atoms with Crippen molar-refractivity contribution in [3.63, 3.8) is 0 Å². The molecule has 38 heavy (non-hydrogen) atoms. The molecule has 2 unspecified atom stereocenters. The van der Waals surface area contributed by atoms with E-state index in [-0.39, 0.29) is 31.4 Å². The number of hydrogen-bond acceptors (Lipinski definition) is 8. The Hall–Kier alpha value is -3.99. The number of nitrogens with two attached hydrogens (primary N) is 1. The van der Waals surface area contributed by atoms with Crippen LogP contribution in [-0.2, 0) is 9.59 Å². The van der Waals surface area contributed by atoms with Gasteiger partial charge in [-0.15, -0.1) is 0 Å². The summed E-state index contributed by atoms with van der Waals surface area (Å²) in [5.41, 5.74) is 7.06. The lowest BCUT2D eigenvalue weighted by Crippen LogP contribution is -2.39. The largest absolute Gasteiger partial charge is 0.508 e. The number of aromatic hydroxyl groups is 1. The second-order valence-corrected chi connectivity index (χ2v) is 8.74. The number of aliphatic hydroxyl groups excluding tert-OH is 1. The molecular weight excluding hydrogens is 488 g/mol. The van der Waals surface area contributed by atoms with Crippen molar-refractivity contribution in [2.45, 2.75) is 24.9 Å². The quantitative estimate of drug-likeness (QED) is 0.129. The van der Waals surface area contributed by atoms with Gasteiger partial charge < -0.3 is 41.4 Å². The van der Waals surface area contributed by atoms with Crippen LogP contribution in [-0.4, -0.2) is 67.2 Å². The summed E-state index contributed by atoms with van der Waals surface area (Å²) >= 11 is 0. The number of rotatable bonds is 15. The molecule has 0 heterocycles. The zero-order valence-corrected chi connectivity index (χ0v) is 21.1. The van der Waals surface area contributed by atoms with E-state index in [0.717, 1.165) is 16.3 Å². The molecule has 3 rings (SSSR count). The number of benzene rings is 3. The fraction of sp³-hybridized carbons (Fsp3) is 0.321. The van der Waals surface area contributed by atoms with Gasteiger partial charge in [0.2, 0.25) is 5.91 Å². The maximum absolute atomic E-state index is 12.9. The van der Waals surface area contributed by atoms with Gasteiger partial charge in [0.05, 0.1) is 30.8 Å². The molecule has 0 radical (unpaired) electrons. The van der Waals surface area contributed by atoms with Gasteiger partial charge >= 0.3 is 0 Å². The van der Waals surface area contributed by atoms with Crippen LogP contribution in [0.1, 0.15) is 34.8 Å². The van der Waals surface area contributed by atoms with Gasteiger partial charge in [-0.25, -0.2) is 0 Å². The normalized spacial score (nSPS) is 12.5. The van der Waals surface area contributed by atoms with Crippen molar-refractivity contribution in [3.8, 4) is 11.5 Å². The molecule has 0 aliphatic heterocycles. The van der Waals surface area contributed by atoms with Gasteiger partial charge in [0.1, 0.15) is 17.8 Å². The minimum absolute atomic E-state index is 0.0265. The molecule has 2 atom stereocenters. The van der Waals surface area contributed by atoms with Gasteiger partial charge in [0.25, 0.3) is 5.91 Å². The minimum atomic E-state index is -0.767. The van der Waals surface area contributed by atoms with Crippen LogP contribution in [0.5, 0.6) is 11.5 Å². The van der Waals surface area contributed by atoms with Crippen LogP contribution >= 0.6 is 0 Å². The summed E-state index contributed by atoms with van der Waals surface area (Å²) in [6, 6.07) is 16.4. The Balaban J connectivity index is 1.62. The molecule has 0 aliphatic carbocycles. The Bertz CT molecular complexity index is 1220. The van der Waals surface area contributed by atoms with Crippen LogP contribution < -0.4 is 26.4 Å². The van der Waals surface area contributed by atoms with Crippen LogP contribution in [0.3, 0.4) is 0 Å². The summed E-state index contributed by atoms with van der Waals surface area (Å²) in [4.78, 5) is 36.2. The van der Waals surface area contributed by atoms with Gasteiger partial charge in [-0.2, -0.15) is 0 Å². The highest BCUT2D eigenvalue weighted by Crippen LogP contribution is 2.26. The fourth-order valence-electron chi connectivity index (χ4n) is 3.89. The fourth-order valence-corrected chi connectivity index (χ4v) is 3.89. The highest BCUT2D eigenvalue weighted by Gasteiger charge is 2.19. The summed E-state index contributed by atoms with van der Waals surface area (Å²) in [6.07, 6.45) is 1.67. The van der Waals surface area contributed by atoms with Gasteiger partial charge in [-0.3, -0.25) is 9.59 Å². The Morgan fingerprint density at radius 1 is 0.974 bits per heavy atom. The second-order valence-electron chi connectivity index (χ2n) is 8.74.